The number of likely N-dealkylation sites (N-methyl/N-ethyl adjacent to an activating group) is 1. The summed E-state index contributed by atoms with van der Waals surface area (Å²) >= 11 is 0. The van der Waals surface area contributed by atoms with Crippen LogP contribution >= 0.6 is 0 Å². The van der Waals surface area contributed by atoms with Gasteiger partial charge in [0, 0.05) is 31.7 Å². The molecule has 2 heterocycles. The molecule has 2 aromatic carbocycles. The summed E-state index contributed by atoms with van der Waals surface area (Å²) in [5.74, 6) is 0.00237. The Morgan fingerprint density at radius 1 is 1.14 bits per heavy atom. The molecule has 1 atom stereocenters. The molecule has 1 aliphatic heterocycles. The van der Waals surface area contributed by atoms with Gasteiger partial charge in [0.1, 0.15) is 5.69 Å². The fourth-order valence-electron chi connectivity index (χ4n) is 4.11. The van der Waals surface area contributed by atoms with Crippen molar-refractivity contribution < 1.29 is 4.79 Å². The summed E-state index contributed by atoms with van der Waals surface area (Å²) in [7, 11) is 2.09. The van der Waals surface area contributed by atoms with E-state index in [4.69, 9.17) is 0 Å². The van der Waals surface area contributed by atoms with Gasteiger partial charge in [-0.2, -0.15) is 0 Å². The van der Waals surface area contributed by atoms with Crippen LogP contribution in [-0.4, -0.2) is 51.9 Å². The van der Waals surface area contributed by atoms with E-state index in [0.29, 0.717) is 29.9 Å². The molecule has 0 spiro atoms. The van der Waals surface area contributed by atoms with Crippen molar-refractivity contribution >= 4 is 16.9 Å². The first-order valence-corrected chi connectivity index (χ1v) is 10.0. The largest absolute Gasteiger partial charge is 0.329 e. The van der Waals surface area contributed by atoms with Gasteiger partial charge in [-0.05, 0) is 44.7 Å². The smallest absolute Gasteiger partial charge is 0.272 e. The van der Waals surface area contributed by atoms with Crippen LogP contribution in [0.4, 0.5) is 0 Å². The second-order valence-corrected chi connectivity index (χ2v) is 7.64. The Bertz CT molecular complexity index is 1110. The second kappa shape index (κ2) is 7.79. The number of hydrogen-bond acceptors (Lipinski definition) is 4. The molecule has 1 unspecified atom stereocenters. The number of nitrogens with zero attached hydrogens (tertiary/aromatic N) is 4. The first-order chi connectivity index (χ1) is 14.0. The van der Waals surface area contributed by atoms with E-state index in [9.17, 15) is 9.59 Å². The third kappa shape index (κ3) is 3.56. The highest BCUT2D eigenvalue weighted by atomic mass is 16.2. The minimum atomic E-state index is -0.0812. The molecule has 150 valence electrons. The molecule has 6 heteroatoms. The molecular formula is C23H26N4O2. The van der Waals surface area contributed by atoms with E-state index in [1.807, 2.05) is 48.2 Å². The van der Waals surface area contributed by atoms with Crippen LogP contribution in [0.2, 0.25) is 0 Å². The van der Waals surface area contributed by atoms with Gasteiger partial charge >= 0.3 is 0 Å². The molecular weight excluding hydrogens is 364 g/mol. The van der Waals surface area contributed by atoms with E-state index < -0.39 is 0 Å². The maximum atomic E-state index is 13.5. The summed E-state index contributed by atoms with van der Waals surface area (Å²) in [5, 5.41) is 0. The van der Waals surface area contributed by atoms with Gasteiger partial charge in [0.2, 0.25) is 0 Å². The lowest BCUT2D eigenvalue weighted by Crippen LogP contribution is -2.49. The van der Waals surface area contributed by atoms with Gasteiger partial charge in [-0.25, -0.2) is 4.98 Å². The van der Waals surface area contributed by atoms with Crippen molar-refractivity contribution in [2.75, 3.05) is 26.7 Å². The number of fused-ring (bicyclic) bond motifs is 1. The average Bonchev–Trinajstić information content (AvgIpc) is 2.74. The Morgan fingerprint density at radius 3 is 2.62 bits per heavy atom. The van der Waals surface area contributed by atoms with Crippen molar-refractivity contribution in [2.45, 2.75) is 26.4 Å². The maximum Gasteiger partial charge on any atom is 0.272 e. The lowest BCUT2D eigenvalue weighted by Gasteiger charge is -2.40. The van der Waals surface area contributed by atoms with E-state index in [1.165, 1.54) is 0 Å². The predicted molar refractivity (Wildman–Crippen MR) is 114 cm³/mol. The quantitative estimate of drug-likeness (QED) is 0.690. The number of amides is 1. The fourth-order valence-corrected chi connectivity index (χ4v) is 4.11. The molecule has 1 aromatic heterocycles. The summed E-state index contributed by atoms with van der Waals surface area (Å²) in [6.45, 7) is 6.54. The van der Waals surface area contributed by atoms with Crippen molar-refractivity contribution in [3.8, 4) is 0 Å². The summed E-state index contributed by atoms with van der Waals surface area (Å²) in [6.07, 6.45) is 0. The van der Waals surface area contributed by atoms with E-state index in [1.54, 1.807) is 11.5 Å². The van der Waals surface area contributed by atoms with Crippen LogP contribution in [-0.2, 0) is 6.54 Å². The molecule has 0 N–H and O–H groups in total. The lowest BCUT2D eigenvalue weighted by molar-refractivity contribution is 0.0498. The summed E-state index contributed by atoms with van der Waals surface area (Å²) < 4.78 is 1.70. The van der Waals surface area contributed by atoms with Crippen molar-refractivity contribution in [3.63, 3.8) is 0 Å². The van der Waals surface area contributed by atoms with Crippen LogP contribution in [0.1, 0.15) is 34.6 Å². The minimum absolute atomic E-state index is 0.00237. The Morgan fingerprint density at radius 2 is 1.90 bits per heavy atom. The number of carbonyl (C=O) groups is 1. The maximum absolute atomic E-state index is 13.5. The zero-order valence-corrected chi connectivity index (χ0v) is 17.1. The number of aromatic nitrogens is 2. The van der Waals surface area contributed by atoms with Crippen LogP contribution in [0, 0.1) is 6.92 Å². The van der Waals surface area contributed by atoms with Crippen LogP contribution in [0.25, 0.3) is 11.0 Å². The van der Waals surface area contributed by atoms with Gasteiger partial charge in [0.15, 0.2) is 0 Å². The molecule has 29 heavy (non-hydrogen) atoms. The number of aryl methyl sites for hydroxylation is 2. The summed E-state index contributed by atoms with van der Waals surface area (Å²) in [4.78, 5) is 34.4. The highest BCUT2D eigenvalue weighted by Gasteiger charge is 2.31. The minimum Gasteiger partial charge on any atom is -0.329 e. The van der Waals surface area contributed by atoms with Crippen molar-refractivity contribution in [1.29, 1.82) is 0 Å². The molecule has 0 saturated carbocycles. The monoisotopic (exact) mass is 390 g/mol. The Labute approximate surface area is 170 Å². The number of rotatable bonds is 3. The number of benzene rings is 2. The van der Waals surface area contributed by atoms with Crippen LogP contribution in [0.15, 0.2) is 53.3 Å². The topological polar surface area (TPSA) is 58.4 Å². The number of hydrogen-bond donors (Lipinski definition) is 0. The van der Waals surface area contributed by atoms with Crippen molar-refractivity contribution in [2.24, 2.45) is 0 Å². The molecule has 6 nitrogen and oxygen atoms in total. The summed E-state index contributed by atoms with van der Waals surface area (Å²) in [5.41, 5.74) is 3.56. The fraction of sp³-hybridized carbons (Fsp3) is 0.348. The molecule has 0 radical (unpaired) electrons. The normalized spacial score (nSPS) is 17.6. The van der Waals surface area contributed by atoms with Gasteiger partial charge in [-0.15, -0.1) is 0 Å². The molecule has 1 aliphatic rings. The van der Waals surface area contributed by atoms with Crippen molar-refractivity contribution in [1.82, 2.24) is 19.4 Å². The van der Waals surface area contributed by atoms with Gasteiger partial charge < -0.3 is 14.4 Å². The standard InChI is InChI=1S/C23H26N4O2/c1-4-26-20-11-10-18(14-19(20)24-16(2)22(26)28)23(29)27-13-12-25(3)15-21(27)17-8-6-5-7-9-17/h5-11,14,21H,4,12-13,15H2,1-3H3. The van der Waals surface area contributed by atoms with E-state index in [-0.39, 0.29) is 17.5 Å². The SMILES string of the molecule is CCn1c(=O)c(C)nc2cc(C(=O)N3CCN(C)CC3c3ccccc3)ccc21. The van der Waals surface area contributed by atoms with E-state index in [0.717, 1.165) is 24.2 Å². The third-order valence-electron chi connectivity index (χ3n) is 5.70. The molecule has 4 rings (SSSR count). The number of piperazine rings is 1. The van der Waals surface area contributed by atoms with E-state index >= 15 is 0 Å². The van der Waals surface area contributed by atoms with Crippen LogP contribution < -0.4 is 5.56 Å². The molecule has 1 amide bonds. The summed E-state index contributed by atoms with van der Waals surface area (Å²) in [6, 6.07) is 15.7. The van der Waals surface area contributed by atoms with Crippen LogP contribution in [0.3, 0.4) is 0 Å². The molecule has 1 fully saturated rings. The lowest BCUT2D eigenvalue weighted by atomic mass is 10.0. The first-order valence-electron chi connectivity index (χ1n) is 10.0. The van der Waals surface area contributed by atoms with Crippen LogP contribution in [0.5, 0.6) is 0 Å². The van der Waals surface area contributed by atoms with E-state index in [2.05, 4.69) is 29.1 Å². The Kier molecular flexibility index (Phi) is 5.20. The average molecular weight is 390 g/mol. The predicted octanol–water partition coefficient (Wildman–Crippen LogP) is 2.85. The highest BCUT2D eigenvalue weighted by molar-refractivity contribution is 5.97. The molecule has 3 aromatic rings. The Hall–Kier alpha value is -2.99. The van der Waals surface area contributed by atoms with Crippen molar-refractivity contribution in [3.05, 3.63) is 75.7 Å². The first kappa shape index (κ1) is 19.3. The molecule has 0 aliphatic carbocycles. The van der Waals surface area contributed by atoms with Gasteiger partial charge in [-0.3, -0.25) is 9.59 Å². The zero-order chi connectivity index (χ0) is 20.5. The Balaban J connectivity index is 1.73. The van der Waals surface area contributed by atoms with Gasteiger partial charge in [-0.1, -0.05) is 30.3 Å². The number of carbonyl (C=O) groups excluding carboxylic acids is 1. The third-order valence-corrected chi connectivity index (χ3v) is 5.70. The van der Waals surface area contributed by atoms with Gasteiger partial charge in [0.25, 0.3) is 11.5 Å². The molecule has 1 saturated heterocycles. The molecule has 0 bridgehead atoms. The van der Waals surface area contributed by atoms with Gasteiger partial charge in [0.05, 0.1) is 17.1 Å². The highest BCUT2D eigenvalue weighted by Crippen LogP contribution is 2.27. The zero-order valence-electron chi connectivity index (χ0n) is 17.1. The second-order valence-electron chi connectivity index (χ2n) is 7.64.